The zero-order valence-corrected chi connectivity index (χ0v) is 10.4. The minimum absolute atomic E-state index is 0.859. The molecule has 2 nitrogen and oxygen atoms in total. The number of likely N-dealkylation sites (tertiary alicyclic amines) is 1. The Kier molecular flexibility index (Phi) is 3.44. The van der Waals surface area contributed by atoms with Crippen molar-refractivity contribution in [1.82, 2.24) is 10.2 Å². The van der Waals surface area contributed by atoms with Crippen LogP contribution >= 0.6 is 0 Å². The summed E-state index contributed by atoms with van der Waals surface area (Å²) in [6.45, 7) is 4.90. The highest BCUT2D eigenvalue weighted by Crippen LogP contribution is 2.22. The fourth-order valence-corrected chi connectivity index (χ4v) is 2.69. The zero-order chi connectivity index (χ0) is 11.5. The molecule has 2 fully saturated rings. The van der Waals surface area contributed by atoms with E-state index in [1.807, 2.05) is 0 Å². The first kappa shape index (κ1) is 11.2. The predicted molar refractivity (Wildman–Crippen MR) is 70.9 cm³/mol. The maximum Gasteiger partial charge on any atom is 0.0233 e. The number of benzene rings is 1. The van der Waals surface area contributed by atoms with Crippen LogP contribution in [0.15, 0.2) is 30.3 Å². The van der Waals surface area contributed by atoms with Crippen LogP contribution in [0.4, 0.5) is 0 Å². The van der Waals surface area contributed by atoms with Crippen molar-refractivity contribution in [2.45, 2.75) is 31.8 Å². The smallest absolute Gasteiger partial charge is 0.0233 e. The average Bonchev–Trinajstić information content (AvgIpc) is 3.09. The third-order valence-electron chi connectivity index (χ3n) is 3.89. The van der Waals surface area contributed by atoms with Crippen LogP contribution in [0.1, 0.15) is 24.8 Å². The van der Waals surface area contributed by atoms with E-state index in [0.29, 0.717) is 0 Å². The third kappa shape index (κ3) is 3.30. The normalized spacial score (nSPS) is 25.3. The van der Waals surface area contributed by atoms with E-state index < -0.39 is 0 Å². The summed E-state index contributed by atoms with van der Waals surface area (Å²) in [7, 11) is 0. The van der Waals surface area contributed by atoms with Crippen molar-refractivity contribution >= 4 is 0 Å². The lowest BCUT2D eigenvalue weighted by Gasteiger charge is -2.16. The maximum absolute atomic E-state index is 3.66. The Labute approximate surface area is 104 Å². The number of nitrogens with one attached hydrogen (secondary N) is 1. The van der Waals surface area contributed by atoms with Gasteiger partial charge in [-0.05, 0) is 43.8 Å². The van der Waals surface area contributed by atoms with Gasteiger partial charge in [0.2, 0.25) is 0 Å². The molecule has 1 N–H and O–H groups in total. The molecular formula is C15H22N2. The molecule has 2 aliphatic rings. The summed E-state index contributed by atoms with van der Waals surface area (Å²) in [5, 5.41) is 3.66. The maximum atomic E-state index is 3.66. The Morgan fingerprint density at radius 3 is 2.71 bits per heavy atom. The molecule has 1 saturated carbocycles. The SMILES string of the molecule is c1ccc(CN2CC[C@H](CNC3CC3)C2)cc1. The highest BCUT2D eigenvalue weighted by Gasteiger charge is 2.25. The number of rotatable bonds is 5. The van der Waals surface area contributed by atoms with Crippen LogP contribution in [0.25, 0.3) is 0 Å². The molecule has 1 atom stereocenters. The van der Waals surface area contributed by atoms with Crippen LogP contribution in [-0.4, -0.2) is 30.6 Å². The molecule has 92 valence electrons. The van der Waals surface area contributed by atoms with Gasteiger partial charge in [-0.15, -0.1) is 0 Å². The number of hydrogen-bond donors (Lipinski definition) is 1. The average molecular weight is 230 g/mol. The fourth-order valence-electron chi connectivity index (χ4n) is 2.69. The van der Waals surface area contributed by atoms with Gasteiger partial charge in [0.1, 0.15) is 0 Å². The van der Waals surface area contributed by atoms with Gasteiger partial charge in [0.25, 0.3) is 0 Å². The van der Waals surface area contributed by atoms with Crippen LogP contribution in [0, 0.1) is 5.92 Å². The molecule has 1 aliphatic carbocycles. The van der Waals surface area contributed by atoms with E-state index in [-0.39, 0.29) is 0 Å². The van der Waals surface area contributed by atoms with Crippen LogP contribution in [-0.2, 0) is 6.54 Å². The Morgan fingerprint density at radius 1 is 1.12 bits per heavy atom. The van der Waals surface area contributed by atoms with Crippen molar-refractivity contribution in [3.63, 3.8) is 0 Å². The van der Waals surface area contributed by atoms with E-state index in [1.54, 1.807) is 0 Å². The van der Waals surface area contributed by atoms with Crippen molar-refractivity contribution in [2.24, 2.45) is 5.92 Å². The fraction of sp³-hybridized carbons (Fsp3) is 0.600. The highest BCUT2D eigenvalue weighted by atomic mass is 15.1. The molecule has 1 aromatic rings. The minimum atomic E-state index is 0.859. The second-order valence-corrected chi connectivity index (χ2v) is 5.56. The van der Waals surface area contributed by atoms with Gasteiger partial charge in [0.05, 0.1) is 0 Å². The molecule has 1 heterocycles. The lowest BCUT2D eigenvalue weighted by atomic mass is 10.1. The van der Waals surface area contributed by atoms with E-state index in [9.17, 15) is 0 Å². The van der Waals surface area contributed by atoms with Gasteiger partial charge >= 0.3 is 0 Å². The van der Waals surface area contributed by atoms with Gasteiger partial charge in [-0.25, -0.2) is 0 Å². The monoisotopic (exact) mass is 230 g/mol. The van der Waals surface area contributed by atoms with Crippen molar-refractivity contribution < 1.29 is 0 Å². The van der Waals surface area contributed by atoms with E-state index >= 15 is 0 Å². The van der Waals surface area contributed by atoms with Gasteiger partial charge in [-0.2, -0.15) is 0 Å². The molecule has 1 saturated heterocycles. The van der Waals surface area contributed by atoms with E-state index in [2.05, 4.69) is 40.5 Å². The van der Waals surface area contributed by atoms with Crippen molar-refractivity contribution in [1.29, 1.82) is 0 Å². The molecule has 0 radical (unpaired) electrons. The molecule has 0 amide bonds. The van der Waals surface area contributed by atoms with Gasteiger partial charge in [-0.3, -0.25) is 4.90 Å². The number of hydrogen-bond acceptors (Lipinski definition) is 2. The molecule has 2 heteroatoms. The summed E-state index contributed by atoms with van der Waals surface area (Å²) in [6.07, 6.45) is 4.17. The van der Waals surface area contributed by atoms with Crippen molar-refractivity contribution in [3.05, 3.63) is 35.9 Å². The highest BCUT2D eigenvalue weighted by molar-refractivity contribution is 5.14. The standard InChI is InChI=1S/C15H22N2/c1-2-4-13(5-3-1)11-17-9-8-14(12-17)10-16-15-6-7-15/h1-5,14-16H,6-12H2/t14-/m1/s1. The molecule has 3 rings (SSSR count). The molecule has 1 aromatic carbocycles. The van der Waals surface area contributed by atoms with Gasteiger partial charge in [0.15, 0.2) is 0 Å². The van der Waals surface area contributed by atoms with E-state index in [0.717, 1.165) is 18.5 Å². The first-order chi connectivity index (χ1) is 8.40. The van der Waals surface area contributed by atoms with E-state index in [4.69, 9.17) is 0 Å². The van der Waals surface area contributed by atoms with E-state index in [1.165, 1.54) is 44.5 Å². The Hall–Kier alpha value is -0.860. The lowest BCUT2D eigenvalue weighted by molar-refractivity contribution is 0.314. The summed E-state index contributed by atoms with van der Waals surface area (Å²) in [6, 6.07) is 11.7. The molecule has 17 heavy (non-hydrogen) atoms. The summed E-state index contributed by atoms with van der Waals surface area (Å²) < 4.78 is 0. The van der Waals surface area contributed by atoms with Crippen molar-refractivity contribution in [2.75, 3.05) is 19.6 Å². The van der Waals surface area contributed by atoms with Gasteiger partial charge in [-0.1, -0.05) is 30.3 Å². The third-order valence-corrected chi connectivity index (χ3v) is 3.89. The quantitative estimate of drug-likeness (QED) is 0.834. The van der Waals surface area contributed by atoms with Crippen LogP contribution in [0.3, 0.4) is 0 Å². The molecule has 0 unspecified atom stereocenters. The first-order valence-corrected chi connectivity index (χ1v) is 6.90. The van der Waals surface area contributed by atoms with Crippen LogP contribution < -0.4 is 5.32 Å². The van der Waals surface area contributed by atoms with Crippen LogP contribution in [0.2, 0.25) is 0 Å². The molecule has 1 aliphatic heterocycles. The first-order valence-electron chi connectivity index (χ1n) is 6.90. The summed E-state index contributed by atoms with van der Waals surface area (Å²) in [5.74, 6) is 0.874. The second kappa shape index (κ2) is 5.19. The molecular weight excluding hydrogens is 208 g/mol. The predicted octanol–water partition coefficient (Wildman–Crippen LogP) is 2.26. The van der Waals surface area contributed by atoms with Crippen molar-refractivity contribution in [3.8, 4) is 0 Å². The topological polar surface area (TPSA) is 15.3 Å². The minimum Gasteiger partial charge on any atom is -0.314 e. The van der Waals surface area contributed by atoms with Gasteiger partial charge < -0.3 is 5.32 Å². The van der Waals surface area contributed by atoms with Gasteiger partial charge in [0, 0.05) is 19.1 Å². The summed E-state index contributed by atoms with van der Waals surface area (Å²) in [4.78, 5) is 2.59. The summed E-state index contributed by atoms with van der Waals surface area (Å²) >= 11 is 0. The zero-order valence-electron chi connectivity index (χ0n) is 10.4. The number of nitrogens with zero attached hydrogens (tertiary/aromatic N) is 1. The molecule has 0 bridgehead atoms. The molecule has 0 aromatic heterocycles. The Bertz CT molecular complexity index is 345. The summed E-state index contributed by atoms with van der Waals surface area (Å²) in [5.41, 5.74) is 1.45. The second-order valence-electron chi connectivity index (χ2n) is 5.56. The lowest BCUT2D eigenvalue weighted by Crippen LogP contribution is -2.27. The largest absolute Gasteiger partial charge is 0.314 e. The Morgan fingerprint density at radius 2 is 1.94 bits per heavy atom. The molecule has 0 spiro atoms. The Balaban J connectivity index is 1.43. The van der Waals surface area contributed by atoms with Crippen LogP contribution in [0.5, 0.6) is 0 Å².